The molecule has 0 amide bonds. The van der Waals surface area contributed by atoms with Crippen LogP contribution >= 0.6 is 22.6 Å². The zero-order valence-corrected chi connectivity index (χ0v) is 11.3. The molecule has 0 aliphatic rings. The summed E-state index contributed by atoms with van der Waals surface area (Å²) in [6, 6.07) is 17.9. The lowest BCUT2D eigenvalue weighted by Gasteiger charge is -1.97. The highest BCUT2D eigenvalue weighted by Gasteiger charge is 1.93. The maximum Gasteiger partial charge on any atom is 0.0991 e. The van der Waals surface area contributed by atoms with Crippen LogP contribution in [-0.2, 0) is 0 Å². The Labute approximate surface area is 115 Å². The van der Waals surface area contributed by atoms with Crippen molar-refractivity contribution in [2.24, 2.45) is 0 Å². The molecule has 2 rings (SSSR count). The zero-order valence-electron chi connectivity index (χ0n) is 9.10. The van der Waals surface area contributed by atoms with Gasteiger partial charge in [-0.2, -0.15) is 5.26 Å². The van der Waals surface area contributed by atoms with Crippen LogP contribution in [0.4, 0.5) is 0 Å². The van der Waals surface area contributed by atoms with Crippen LogP contribution in [0.1, 0.15) is 16.7 Å². The van der Waals surface area contributed by atoms with Gasteiger partial charge in [-0.15, -0.1) is 0 Å². The summed E-state index contributed by atoms with van der Waals surface area (Å²) in [6.45, 7) is 0. The lowest BCUT2D eigenvalue weighted by atomic mass is 10.1. The van der Waals surface area contributed by atoms with Gasteiger partial charge in [0.15, 0.2) is 0 Å². The van der Waals surface area contributed by atoms with Crippen molar-refractivity contribution in [2.75, 3.05) is 0 Å². The Morgan fingerprint density at radius 1 is 0.941 bits per heavy atom. The molecule has 0 aliphatic heterocycles. The molecule has 0 saturated carbocycles. The standard InChI is InChI=1S/C15H10IN/c16-15-4-2-1-3-14(15)10-9-12-5-7-13(11-17)8-6-12/h1-10H. The third kappa shape index (κ3) is 3.18. The van der Waals surface area contributed by atoms with Crippen LogP contribution in [-0.4, -0.2) is 0 Å². The number of nitriles is 1. The van der Waals surface area contributed by atoms with Gasteiger partial charge in [0.05, 0.1) is 11.6 Å². The summed E-state index contributed by atoms with van der Waals surface area (Å²) >= 11 is 2.32. The summed E-state index contributed by atoms with van der Waals surface area (Å²) in [6.07, 6.45) is 4.14. The third-order valence-corrected chi connectivity index (χ3v) is 3.38. The number of nitrogens with zero attached hydrogens (tertiary/aromatic N) is 1. The molecule has 0 fully saturated rings. The first-order chi connectivity index (χ1) is 8.29. The topological polar surface area (TPSA) is 23.8 Å². The van der Waals surface area contributed by atoms with Gasteiger partial charge in [-0.25, -0.2) is 0 Å². The van der Waals surface area contributed by atoms with Crippen LogP contribution in [0.25, 0.3) is 12.2 Å². The fourth-order valence-corrected chi connectivity index (χ4v) is 2.03. The summed E-state index contributed by atoms with van der Waals surface area (Å²) in [4.78, 5) is 0. The Morgan fingerprint density at radius 3 is 2.29 bits per heavy atom. The molecule has 0 bridgehead atoms. The lowest BCUT2D eigenvalue weighted by Crippen LogP contribution is -1.78. The van der Waals surface area contributed by atoms with E-state index in [1.165, 1.54) is 9.13 Å². The second-order valence-electron chi connectivity index (χ2n) is 3.59. The van der Waals surface area contributed by atoms with E-state index in [-0.39, 0.29) is 0 Å². The quantitative estimate of drug-likeness (QED) is 0.593. The molecule has 2 aromatic rings. The van der Waals surface area contributed by atoms with Crippen molar-refractivity contribution in [1.82, 2.24) is 0 Å². The number of rotatable bonds is 2. The van der Waals surface area contributed by atoms with Crippen molar-refractivity contribution in [3.05, 3.63) is 68.8 Å². The molecule has 0 aromatic heterocycles. The minimum absolute atomic E-state index is 0.691. The van der Waals surface area contributed by atoms with E-state index in [9.17, 15) is 0 Å². The largest absolute Gasteiger partial charge is 0.192 e. The van der Waals surface area contributed by atoms with E-state index in [1.54, 1.807) is 0 Å². The number of hydrogen-bond donors (Lipinski definition) is 0. The molecule has 0 spiro atoms. The fraction of sp³-hybridized carbons (Fsp3) is 0. The van der Waals surface area contributed by atoms with Gasteiger partial charge in [0, 0.05) is 3.57 Å². The average Bonchev–Trinajstić information content (AvgIpc) is 2.38. The van der Waals surface area contributed by atoms with Gasteiger partial charge in [-0.05, 0) is 51.9 Å². The Kier molecular flexibility index (Phi) is 3.94. The SMILES string of the molecule is N#Cc1ccc(C=Cc2ccccc2I)cc1. The minimum Gasteiger partial charge on any atom is -0.192 e. The van der Waals surface area contributed by atoms with Gasteiger partial charge in [-0.3, -0.25) is 0 Å². The smallest absolute Gasteiger partial charge is 0.0991 e. The van der Waals surface area contributed by atoms with Gasteiger partial charge >= 0.3 is 0 Å². The Bertz CT molecular complexity index is 577. The highest BCUT2D eigenvalue weighted by atomic mass is 127. The molecule has 82 valence electrons. The Hall–Kier alpha value is -1.60. The van der Waals surface area contributed by atoms with Gasteiger partial charge in [0.1, 0.15) is 0 Å². The van der Waals surface area contributed by atoms with Gasteiger partial charge in [-0.1, -0.05) is 42.5 Å². The summed E-state index contributed by atoms with van der Waals surface area (Å²) in [5.74, 6) is 0. The van der Waals surface area contributed by atoms with E-state index in [4.69, 9.17) is 5.26 Å². The molecule has 0 heterocycles. The molecule has 0 N–H and O–H groups in total. The Balaban J connectivity index is 2.21. The predicted octanol–water partition coefficient (Wildman–Crippen LogP) is 4.33. The molecule has 2 aromatic carbocycles. The molecule has 0 saturated heterocycles. The summed E-state index contributed by atoms with van der Waals surface area (Å²) < 4.78 is 1.23. The van der Waals surface area contributed by atoms with E-state index in [0.29, 0.717) is 5.56 Å². The van der Waals surface area contributed by atoms with Crippen molar-refractivity contribution in [1.29, 1.82) is 5.26 Å². The van der Waals surface area contributed by atoms with Crippen molar-refractivity contribution in [3.8, 4) is 6.07 Å². The van der Waals surface area contributed by atoms with Gasteiger partial charge in [0.25, 0.3) is 0 Å². The molecular weight excluding hydrogens is 321 g/mol. The fourth-order valence-electron chi connectivity index (χ4n) is 1.47. The van der Waals surface area contributed by atoms with Crippen LogP contribution in [0.2, 0.25) is 0 Å². The molecule has 0 unspecified atom stereocenters. The van der Waals surface area contributed by atoms with E-state index in [2.05, 4.69) is 52.9 Å². The van der Waals surface area contributed by atoms with Crippen molar-refractivity contribution < 1.29 is 0 Å². The van der Waals surface area contributed by atoms with Crippen molar-refractivity contribution in [2.45, 2.75) is 0 Å². The highest BCUT2D eigenvalue weighted by molar-refractivity contribution is 14.1. The number of hydrogen-bond acceptors (Lipinski definition) is 1. The van der Waals surface area contributed by atoms with Crippen molar-refractivity contribution >= 4 is 34.7 Å². The molecule has 0 aliphatic carbocycles. The summed E-state index contributed by atoms with van der Waals surface area (Å²) in [7, 11) is 0. The van der Waals surface area contributed by atoms with Crippen LogP contribution in [0.3, 0.4) is 0 Å². The van der Waals surface area contributed by atoms with Crippen LogP contribution in [0, 0.1) is 14.9 Å². The molecule has 17 heavy (non-hydrogen) atoms. The van der Waals surface area contributed by atoms with E-state index < -0.39 is 0 Å². The molecular formula is C15H10IN. The van der Waals surface area contributed by atoms with E-state index in [1.807, 2.05) is 36.4 Å². The van der Waals surface area contributed by atoms with E-state index in [0.717, 1.165) is 5.56 Å². The molecule has 0 radical (unpaired) electrons. The predicted molar refractivity (Wildman–Crippen MR) is 79.2 cm³/mol. The first kappa shape index (κ1) is 11.9. The first-order valence-corrected chi connectivity index (χ1v) is 6.30. The summed E-state index contributed by atoms with van der Waals surface area (Å²) in [5, 5.41) is 8.70. The minimum atomic E-state index is 0.691. The zero-order chi connectivity index (χ0) is 12.1. The molecule has 0 atom stereocenters. The van der Waals surface area contributed by atoms with Crippen LogP contribution in [0.15, 0.2) is 48.5 Å². The van der Waals surface area contributed by atoms with Crippen molar-refractivity contribution in [3.63, 3.8) is 0 Å². The normalized spacial score (nSPS) is 10.4. The highest BCUT2D eigenvalue weighted by Crippen LogP contribution is 2.15. The second kappa shape index (κ2) is 5.65. The van der Waals surface area contributed by atoms with Gasteiger partial charge in [0.2, 0.25) is 0 Å². The van der Waals surface area contributed by atoms with Crippen LogP contribution in [0.5, 0.6) is 0 Å². The maximum absolute atomic E-state index is 8.70. The summed E-state index contributed by atoms with van der Waals surface area (Å²) in [5.41, 5.74) is 3.00. The number of halogens is 1. The van der Waals surface area contributed by atoms with E-state index >= 15 is 0 Å². The van der Waals surface area contributed by atoms with Crippen LogP contribution < -0.4 is 0 Å². The lowest BCUT2D eigenvalue weighted by molar-refractivity contribution is 1.48. The average molecular weight is 331 g/mol. The Morgan fingerprint density at radius 2 is 1.65 bits per heavy atom. The number of benzene rings is 2. The second-order valence-corrected chi connectivity index (χ2v) is 4.75. The first-order valence-electron chi connectivity index (χ1n) is 5.22. The monoisotopic (exact) mass is 331 g/mol. The third-order valence-electron chi connectivity index (χ3n) is 2.40. The maximum atomic E-state index is 8.70. The molecule has 1 nitrogen and oxygen atoms in total. The van der Waals surface area contributed by atoms with Gasteiger partial charge < -0.3 is 0 Å². The molecule has 2 heteroatoms.